The van der Waals surface area contributed by atoms with Crippen LogP contribution in [0.5, 0.6) is 5.75 Å². The van der Waals surface area contributed by atoms with Crippen molar-refractivity contribution in [1.29, 1.82) is 0 Å². The average Bonchev–Trinajstić information content (AvgIpc) is 2.61. The third-order valence-corrected chi connectivity index (χ3v) is 5.79. The molecular formula is C17H21N3O4S. The zero-order valence-corrected chi connectivity index (χ0v) is 15.4. The van der Waals surface area contributed by atoms with Crippen LogP contribution >= 0.6 is 0 Å². The van der Waals surface area contributed by atoms with E-state index in [2.05, 4.69) is 10.3 Å². The normalized spacial score (nSPS) is 11.6. The van der Waals surface area contributed by atoms with Crippen LogP contribution in [0.15, 0.2) is 47.5 Å². The number of anilines is 1. The molecule has 0 atom stereocenters. The molecule has 0 saturated heterocycles. The first-order valence-electron chi connectivity index (χ1n) is 7.66. The molecule has 0 radical (unpaired) electrons. The Labute approximate surface area is 147 Å². The highest BCUT2D eigenvalue weighted by Gasteiger charge is 2.23. The number of aromatic nitrogens is 1. The van der Waals surface area contributed by atoms with Crippen LogP contribution in [-0.2, 0) is 10.0 Å². The van der Waals surface area contributed by atoms with Gasteiger partial charge in [0.25, 0.3) is 5.91 Å². The molecule has 134 valence electrons. The van der Waals surface area contributed by atoms with Crippen LogP contribution in [0.25, 0.3) is 0 Å². The van der Waals surface area contributed by atoms with E-state index in [0.29, 0.717) is 17.1 Å². The van der Waals surface area contributed by atoms with Crippen molar-refractivity contribution < 1.29 is 17.9 Å². The Morgan fingerprint density at radius 1 is 1.20 bits per heavy atom. The molecule has 0 bridgehead atoms. The van der Waals surface area contributed by atoms with Crippen molar-refractivity contribution in [2.75, 3.05) is 19.5 Å². The minimum absolute atomic E-state index is 0.135. The van der Waals surface area contributed by atoms with E-state index in [1.54, 1.807) is 26.0 Å². The maximum Gasteiger partial charge on any atom is 0.256 e. The molecule has 0 unspecified atom stereocenters. The van der Waals surface area contributed by atoms with Gasteiger partial charge in [-0.2, -0.15) is 4.31 Å². The lowest BCUT2D eigenvalue weighted by Gasteiger charge is -2.21. The molecule has 25 heavy (non-hydrogen) atoms. The van der Waals surface area contributed by atoms with Crippen LogP contribution in [0.4, 0.5) is 5.82 Å². The lowest BCUT2D eigenvalue weighted by Crippen LogP contribution is -2.33. The number of sulfonamides is 1. The second-order valence-electron chi connectivity index (χ2n) is 5.65. The number of ether oxygens (including phenoxy) is 1. The number of nitrogens with one attached hydrogen (secondary N) is 1. The van der Waals surface area contributed by atoms with E-state index in [0.717, 1.165) is 0 Å². The molecule has 1 aromatic carbocycles. The fraction of sp³-hybridized carbons (Fsp3) is 0.294. The third-order valence-electron chi connectivity index (χ3n) is 3.74. The molecule has 0 saturated carbocycles. The molecule has 2 aromatic rings. The number of rotatable bonds is 6. The van der Waals surface area contributed by atoms with Gasteiger partial charge in [-0.25, -0.2) is 13.4 Å². The Balaban J connectivity index is 2.21. The van der Waals surface area contributed by atoms with Gasteiger partial charge in [0.1, 0.15) is 0 Å². The van der Waals surface area contributed by atoms with E-state index in [-0.39, 0.29) is 10.9 Å². The fourth-order valence-corrected chi connectivity index (χ4v) is 3.42. The molecule has 0 aliphatic rings. The largest absolute Gasteiger partial charge is 0.493 e. The van der Waals surface area contributed by atoms with Crippen LogP contribution in [0, 0.1) is 0 Å². The second kappa shape index (κ2) is 7.62. The van der Waals surface area contributed by atoms with Crippen molar-refractivity contribution in [2.24, 2.45) is 0 Å². The van der Waals surface area contributed by atoms with Crippen molar-refractivity contribution >= 4 is 21.7 Å². The lowest BCUT2D eigenvalue weighted by atomic mass is 10.2. The molecule has 7 nitrogen and oxygen atoms in total. The summed E-state index contributed by atoms with van der Waals surface area (Å²) in [6, 6.07) is 8.97. The average molecular weight is 363 g/mol. The van der Waals surface area contributed by atoms with Crippen molar-refractivity contribution in [3.63, 3.8) is 0 Å². The summed E-state index contributed by atoms with van der Waals surface area (Å²) in [5.41, 5.74) is 0.318. The molecule has 0 aliphatic carbocycles. The van der Waals surface area contributed by atoms with Crippen LogP contribution in [-0.4, -0.2) is 43.8 Å². The van der Waals surface area contributed by atoms with Gasteiger partial charge in [0.05, 0.1) is 12.0 Å². The summed E-state index contributed by atoms with van der Waals surface area (Å²) in [6.07, 6.45) is 1.54. The van der Waals surface area contributed by atoms with E-state index in [1.165, 1.54) is 48.9 Å². The van der Waals surface area contributed by atoms with Gasteiger partial charge in [0.15, 0.2) is 11.6 Å². The molecule has 0 aliphatic heterocycles. The summed E-state index contributed by atoms with van der Waals surface area (Å²) >= 11 is 0. The molecule has 1 N–H and O–H groups in total. The van der Waals surface area contributed by atoms with Crippen molar-refractivity contribution in [3.8, 4) is 5.75 Å². The zero-order valence-electron chi connectivity index (χ0n) is 14.6. The highest BCUT2D eigenvalue weighted by Crippen LogP contribution is 2.21. The summed E-state index contributed by atoms with van der Waals surface area (Å²) in [7, 11) is -0.576. The maximum absolute atomic E-state index is 12.4. The SMILES string of the molecule is COc1cccnc1NC(=O)c1ccc(S(=O)(=O)N(C)C(C)C)cc1. The second-order valence-corrected chi connectivity index (χ2v) is 7.65. The first kappa shape index (κ1) is 18.9. The lowest BCUT2D eigenvalue weighted by molar-refractivity contribution is 0.102. The minimum atomic E-state index is -3.58. The molecule has 0 spiro atoms. The molecule has 8 heteroatoms. The van der Waals surface area contributed by atoms with E-state index in [9.17, 15) is 13.2 Å². The highest BCUT2D eigenvalue weighted by molar-refractivity contribution is 7.89. The predicted octanol–water partition coefficient (Wildman–Crippen LogP) is 2.37. The number of carbonyl (C=O) groups is 1. The first-order valence-corrected chi connectivity index (χ1v) is 9.10. The number of nitrogens with zero attached hydrogens (tertiary/aromatic N) is 2. The van der Waals surface area contributed by atoms with Crippen LogP contribution in [0.1, 0.15) is 24.2 Å². The smallest absolute Gasteiger partial charge is 0.256 e. The number of methoxy groups -OCH3 is 1. The van der Waals surface area contributed by atoms with Gasteiger partial charge < -0.3 is 10.1 Å². The molecule has 1 aromatic heterocycles. The Hall–Kier alpha value is -2.45. The summed E-state index contributed by atoms with van der Waals surface area (Å²) < 4.78 is 31.3. The monoisotopic (exact) mass is 363 g/mol. The highest BCUT2D eigenvalue weighted by atomic mass is 32.2. The summed E-state index contributed by atoms with van der Waals surface area (Å²) in [6.45, 7) is 3.58. The van der Waals surface area contributed by atoms with Gasteiger partial charge in [-0.15, -0.1) is 0 Å². The maximum atomic E-state index is 12.4. The Kier molecular flexibility index (Phi) is 5.76. The minimum Gasteiger partial charge on any atom is -0.493 e. The van der Waals surface area contributed by atoms with E-state index >= 15 is 0 Å². The number of benzene rings is 1. The van der Waals surface area contributed by atoms with Crippen molar-refractivity contribution in [1.82, 2.24) is 9.29 Å². The van der Waals surface area contributed by atoms with Crippen molar-refractivity contribution in [2.45, 2.75) is 24.8 Å². The Bertz CT molecular complexity index is 848. The topological polar surface area (TPSA) is 88.6 Å². The van der Waals surface area contributed by atoms with E-state index < -0.39 is 15.9 Å². The van der Waals surface area contributed by atoms with Gasteiger partial charge in [-0.05, 0) is 50.2 Å². The molecule has 2 rings (SSSR count). The Morgan fingerprint density at radius 2 is 1.84 bits per heavy atom. The molecule has 1 heterocycles. The van der Waals surface area contributed by atoms with Gasteiger partial charge in [-0.3, -0.25) is 4.79 Å². The summed E-state index contributed by atoms with van der Waals surface area (Å²) in [4.78, 5) is 16.5. The molecule has 1 amide bonds. The van der Waals surface area contributed by atoms with Gasteiger partial charge in [0, 0.05) is 24.8 Å². The van der Waals surface area contributed by atoms with Crippen molar-refractivity contribution in [3.05, 3.63) is 48.2 Å². The first-order chi connectivity index (χ1) is 11.8. The number of carbonyl (C=O) groups excluding carboxylic acids is 1. The Morgan fingerprint density at radius 3 is 2.40 bits per heavy atom. The van der Waals surface area contributed by atoms with Gasteiger partial charge in [0.2, 0.25) is 10.0 Å². The standard InChI is InChI=1S/C17H21N3O4S/c1-12(2)20(3)25(22,23)14-9-7-13(8-10-14)17(21)19-16-15(24-4)6-5-11-18-16/h5-12H,1-4H3,(H,18,19,21). The number of hydrogen-bond donors (Lipinski definition) is 1. The molecule has 0 fully saturated rings. The number of amides is 1. The predicted molar refractivity (Wildman–Crippen MR) is 95.3 cm³/mol. The zero-order chi connectivity index (χ0) is 18.6. The number of pyridine rings is 1. The molecular weight excluding hydrogens is 342 g/mol. The van der Waals surface area contributed by atoms with E-state index in [4.69, 9.17) is 4.74 Å². The summed E-state index contributed by atoms with van der Waals surface area (Å²) in [5.74, 6) is 0.331. The van der Waals surface area contributed by atoms with Gasteiger partial charge >= 0.3 is 0 Å². The van der Waals surface area contributed by atoms with Crippen LogP contribution in [0.2, 0.25) is 0 Å². The third kappa shape index (κ3) is 4.15. The number of hydrogen-bond acceptors (Lipinski definition) is 5. The fourth-order valence-electron chi connectivity index (χ4n) is 2.05. The van der Waals surface area contributed by atoms with Crippen LogP contribution < -0.4 is 10.1 Å². The van der Waals surface area contributed by atoms with Gasteiger partial charge in [-0.1, -0.05) is 0 Å². The quantitative estimate of drug-likeness (QED) is 0.851. The van der Waals surface area contributed by atoms with Crippen LogP contribution in [0.3, 0.4) is 0 Å². The van der Waals surface area contributed by atoms with E-state index in [1.807, 2.05) is 0 Å². The summed E-state index contributed by atoms with van der Waals surface area (Å²) in [5, 5.41) is 2.64.